The second kappa shape index (κ2) is 8.79. The number of pyridine rings is 1. The molecule has 10 heteroatoms. The van der Waals surface area contributed by atoms with Crippen LogP contribution in [0.2, 0.25) is 0 Å². The Labute approximate surface area is 186 Å². The molecule has 1 aliphatic rings. The topological polar surface area (TPSA) is 72.2 Å². The van der Waals surface area contributed by atoms with E-state index < -0.39 is 46.3 Å². The van der Waals surface area contributed by atoms with Crippen molar-refractivity contribution in [2.24, 2.45) is 17.3 Å². The normalized spacial score (nSPS) is 20.8. The summed E-state index contributed by atoms with van der Waals surface area (Å²) in [4.78, 5) is 16.7. The molecule has 0 spiro atoms. The fraction of sp³-hybridized carbons (Fsp3) is 0.318. The molecule has 0 bridgehead atoms. The number of hydrogen-bond acceptors (Lipinski definition) is 5. The maximum atomic E-state index is 13.3. The summed E-state index contributed by atoms with van der Waals surface area (Å²) in [5.74, 6) is -2.83. The third-order valence-electron chi connectivity index (χ3n) is 5.14. The first-order valence-electron chi connectivity index (χ1n) is 9.38. The Morgan fingerprint density at radius 3 is 2.59 bits per heavy atom. The van der Waals surface area contributed by atoms with E-state index >= 15 is 0 Å². The van der Waals surface area contributed by atoms with Gasteiger partial charge < -0.3 is 9.47 Å². The number of nitrogens with zero attached hydrogens (tertiary/aromatic N) is 2. The summed E-state index contributed by atoms with van der Waals surface area (Å²) in [6, 6.07) is 11.5. The van der Waals surface area contributed by atoms with Gasteiger partial charge in [-0.1, -0.05) is 43.7 Å². The van der Waals surface area contributed by atoms with E-state index in [1.54, 1.807) is 19.9 Å². The molecule has 2 aromatic rings. The summed E-state index contributed by atoms with van der Waals surface area (Å²) in [5.41, 5.74) is -0.772. The number of rotatable bonds is 6. The van der Waals surface area contributed by atoms with Crippen LogP contribution in [0.15, 0.2) is 53.6 Å². The van der Waals surface area contributed by atoms with Gasteiger partial charge in [0.15, 0.2) is 0 Å². The number of esters is 1. The lowest BCUT2D eigenvalue weighted by molar-refractivity contribution is -0.149. The van der Waals surface area contributed by atoms with Crippen molar-refractivity contribution in [3.63, 3.8) is 0 Å². The monoisotopic (exact) mass is 468 g/mol. The first-order valence-corrected chi connectivity index (χ1v) is 9.76. The second-order valence-electron chi connectivity index (χ2n) is 7.74. The number of nitriles is 1. The Balaban J connectivity index is 1.73. The zero-order chi connectivity index (χ0) is 23.7. The highest BCUT2D eigenvalue weighted by Crippen LogP contribution is 2.60. The number of aromatic nitrogens is 1. The zero-order valence-electron chi connectivity index (χ0n) is 16.9. The number of hydrogen-bond donors (Lipinski definition) is 0. The molecule has 0 radical (unpaired) electrons. The van der Waals surface area contributed by atoms with Gasteiger partial charge in [-0.3, -0.25) is 4.79 Å². The molecule has 1 heterocycles. The van der Waals surface area contributed by atoms with Crippen molar-refractivity contribution in [3.8, 4) is 17.7 Å². The molecule has 1 aliphatic carbocycles. The summed E-state index contributed by atoms with van der Waals surface area (Å²) >= 11 is 5.30. The Kier molecular flexibility index (Phi) is 6.46. The fourth-order valence-electron chi connectivity index (χ4n) is 3.32. The Bertz CT molecular complexity index is 1100. The maximum Gasteiger partial charge on any atom is 0.426 e. The van der Waals surface area contributed by atoms with Crippen LogP contribution in [0, 0.1) is 34.4 Å². The van der Waals surface area contributed by atoms with Crippen LogP contribution in [-0.2, 0) is 9.53 Å². The van der Waals surface area contributed by atoms with Crippen molar-refractivity contribution in [2.75, 3.05) is 0 Å². The Morgan fingerprint density at radius 1 is 1.28 bits per heavy atom. The molecule has 3 atom stereocenters. The van der Waals surface area contributed by atoms with Crippen molar-refractivity contribution >= 4 is 17.6 Å². The van der Waals surface area contributed by atoms with Gasteiger partial charge in [0.05, 0.1) is 11.6 Å². The summed E-state index contributed by atoms with van der Waals surface area (Å²) in [6.45, 7) is 3.21. The molecule has 3 unspecified atom stereocenters. The minimum atomic E-state index is -4.71. The van der Waals surface area contributed by atoms with Crippen LogP contribution in [0.4, 0.5) is 17.6 Å². The second-order valence-corrected chi connectivity index (χ2v) is 8.15. The van der Waals surface area contributed by atoms with Gasteiger partial charge in [-0.15, -0.1) is 0 Å². The van der Waals surface area contributed by atoms with Gasteiger partial charge in [0.25, 0.3) is 0 Å². The van der Waals surface area contributed by atoms with Crippen LogP contribution in [0.5, 0.6) is 11.6 Å². The van der Waals surface area contributed by atoms with Crippen LogP contribution < -0.4 is 4.74 Å². The number of ether oxygens (including phenoxy) is 2. The molecule has 0 aliphatic heterocycles. The molecule has 32 heavy (non-hydrogen) atoms. The summed E-state index contributed by atoms with van der Waals surface area (Å²) < 4.78 is 62.2. The molecular weight excluding hydrogens is 452 g/mol. The van der Waals surface area contributed by atoms with Crippen LogP contribution in [0.25, 0.3) is 0 Å². The van der Waals surface area contributed by atoms with E-state index in [0.717, 1.165) is 12.1 Å². The van der Waals surface area contributed by atoms with Crippen LogP contribution in [0.3, 0.4) is 0 Å². The van der Waals surface area contributed by atoms with E-state index in [-0.39, 0.29) is 17.3 Å². The minimum Gasteiger partial charge on any atom is -0.440 e. The lowest BCUT2D eigenvalue weighted by Gasteiger charge is -2.12. The van der Waals surface area contributed by atoms with E-state index in [1.165, 1.54) is 36.4 Å². The average Bonchev–Trinajstić information content (AvgIpc) is 3.25. The zero-order valence-corrected chi connectivity index (χ0v) is 17.6. The predicted molar refractivity (Wildman–Crippen MR) is 106 cm³/mol. The number of benzene rings is 1. The van der Waals surface area contributed by atoms with E-state index in [2.05, 4.69) is 4.98 Å². The standard InChI is InChI=1S/C22H17ClF4N2O3/c1-21(2)14(10-17(23)22(25,26)27)19(21)20(30)32-16(11-28)15-7-4-8-18(29-15)31-13-6-3-5-12(24)9-13/h3-10,14,16,19H,1-2H3/b17-10-. The molecule has 1 fully saturated rings. The molecule has 168 valence electrons. The minimum absolute atomic E-state index is 0.0360. The lowest BCUT2D eigenvalue weighted by atomic mass is 10.1. The molecule has 1 saturated carbocycles. The maximum absolute atomic E-state index is 13.3. The van der Waals surface area contributed by atoms with Gasteiger partial charge in [-0.25, -0.2) is 9.37 Å². The van der Waals surface area contributed by atoms with Crippen molar-refractivity contribution < 1.29 is 31.8 Å². The van der Waals surface area contributed by atoms with Gasteiger partial charge in [0.2, 0.25) is 12.0 Å². The van der Waals surface area contributed by atoms with Crippen molar-refractivity contribution in [1.29, 1.82) is 5.26 Å². The van der Waals surface area contributed by atoms with E-state index in [1.807, 2.05) is 0 Å². The van der Waals surface area contributed by atoms with Gasteiger partial charge >= 0.3 is 12.1 Å². The first-order chi connectivity index (χ1) is 14.9. The molecule has 0 N–H and O–H groups in total. The molecular formula is C22H17ClF4N2O3. The molecule has 1 aromatic heterocycles. The quantitative estimate of drug-likeness (QED) is 0.379. The third-order valence-corrected chi connectivity index (χ3v) is 5.49. The van der Waals surface area contributed by atoms with Crippen LogP contribution >= 0.6 is 11.6 Å². The number of carbonyl (C=O) groups is 1. The van der Waals surface area contributed by atoms with Gasteiger partial charge in [0, 0.05) is 12.1 Å². The SMILES string of the molecule is CC1(C)C(/C=C(\Cl)C(F)(F)F)C1C(=O)OC(C#N)c1cccc(Oc2cccc(F)c2)n1. The highest BCUT2D eigenvalue weighted by molar-refractivity contribution is 6.30. The van der Waals surface area contributed by atoms with Crippen LogP contribution in [0.1, 0.15) is 25.6 Å². The van der Waals surface area contributed by atoms with Gasteiger partial charge in [0.1, 0.15) is 22.7 Å². The van der Waals surface area contributed by atoms with Gasteiger partial charge in [-0.2, -0.15) is 18.4 Å². The number of allylic oxidation sites excluding steroid dienone is 2. The van der Waals surface area contributed by atoms with E-state index in [9.17, 15) is 27.6 Å². The predicted octanol–water partition coefficient (Wildman–Crippen LogP) is 6.08. The van der Waals surface area contributed by atoms with E-state index in [4.69, 9.17) is 21.1 Å². The summed E-state index contributed by atoms with van der Waals surface area (Å²) in [5, 5.41) is 8.14. The summed E-state index contributed by atoms with van der Waals surface area (Å²) in [7, 11) is 0. The number of halogens is 5. The first kappa shape index (κ1) is 23.5. The molecule has 0 amide bonds. The molecule has 5 nitrogen and oxygen atoms in total. The molecule has 3 rings (SSSR count). The van der Waals surface area contributed by atoms with Crippen molar-refractivity contribution in [2.45, 2.75) is 26.1 Å². The van der Waals surface area contributed by atoms with E-state index in [0.29, 0.717) is 0 Å². The Morgan fingerprint density at radius 2 is 1.97 bits per heavy atom. The number of carbonyl (C=O) groups excluding carboxylic acids is 1. The highest BCUT2D eigenvalue weighted by Gasteiger charge is 2.62. The van der Waals surface area contributed by atoms with Gasteiger partial charge in [-0.05, 0) is 29.5 Å². The largest absolute Gasteiger partial charge is 0.440 e. The highest BCUT2D eigenvalue weighted by atomic mass is 35.5. The fourth-order valence-corrected chi connectivity index (χ4v) is 3.45. The molecule has 0 saturated heterocycles. The van der Waals surface area contributed by atoms with Crippen LogP contribution in [-0.4, -0.2) is 17.1 Å². The van der Waals surface area contributed by atoms with Crippen molar-refractivity contribution in [3.05, 3.63) is 65.1 Å². The third kappa shape index (κ3) is 5.19. The lowest BCUT2D eigenvalue weighted by Crippen LogP contribution is -2.15. The Hall–Kier alpha value is -3.12. The smallest absolute Gasteiger partial charge is 0.426 e. The average molecular weight is 469 g/mol. The molecule has 1 aromatic carbocycles. The van der Waals surface area contributed by atoms with Crippen molar-refractivity contribution in [1.82, 2.24) is 4.98 Å². The number of alkyl halides is 3. The summed E-state index contributed by atoms with van der Waals surface area (Å²) in [6.07, 6.45) is -5.34.